The number of alkyl halides is 6. The molecule has 0 unspecified atom stereocenters. The van der Waals surface area contributed by atoms with Gasteiger partial charge < -0.3 is 0 Å². The molecule has 0 spiro atoms. The Kier molecular flexibility index (Phi) is 4.81. The first-order valence-electron chi connectivity index (χ1n) is 7.10. The molecule has 11 heteroatoms. The predicted octanol–water partition coefficient (Wildman–Crippen LogP) is 6.24. The molecule has 142 valence electrons. The number of rotatable bonds is 2. The molecule has 1 aromatic heterocycles. The van der Waals surface area contributed by atoms with Gasteiger partial charge in [0.1, 0.15) is 0 Å². The molecule has 2 aromatic carbocycles. The Morgan fingerprint density at radius 1 is 0.963 bits per heavy atom. The summed E-state index contributed by atoms with van der Waals surface area (Å²) in [6.45, 7) is 0. The van der Waals surface area contributed by atoms with Gasteiger partial charge in [-0.1, -0.05) is 22.9 Å². The second kappa shape index (κ2) is 6.68. The minimum Gasteiger partial charge on any atom is -0.298 e. The van der Waals surface area contributed by atoms with Crippen molar-refractivity contribution in [3.05, 3.63) is 58.1 Å². The lowest BCUT2D eigenvalue weighted by Gasteiger charge is -2.13. The maximum atomic E-state index is 12.9. The zero-order chi connectivity index (χ0) is 20.0. The molecule has 0 aliphatic carbocycles. The highest BCUT2D eigenvalue weighted by Gasteiger charge is 2.37. The van der Waals surface area contributed by atoms with E-state index in [0.717, 1.165) is 11.3 Å². The number of aromatic nitrogens is 1. The number of carbonyl (C=O) groups is 1. The van der Waals surface area contributed by atoms with Gasteiger partial charge in [-0.3, -0.25) is 10.1 Å². The molecule has 0 fully saturated rings. The normalized spacial score (nSPS) is 12.4. The van der Waals surface area contributed by atoms with E-state index < -0.39 is 35.0 Å². The lowest BCUT2D eigenvalue weighted by Crippen LogP contribution is -2.17. The molecule has 0 saturated carbocycles. The summed E-state index contributed by atoms with van der Waals surface area (Å²) in [5, 5.41) is 2.65. The average Bonchev–Trinajstić information content (AvgIpc) is 2.94. The van der Waals surface area contributed by atoms with Crippen LogP contribution in [0.25, 0.3) is 10.2 Å². The molecule has 0 radical (unpaired) electrons. The second-order valence-corrected chi connectivity index (χ2v) is 6.85. The number of nitrogens with zero attached hydrogens (tertiary/aromatic N) is 1. The van der Waals surface area contributed by atoms with Crippen LogP contribution in [0, 0.1) is 0 Å². The second-order valence-electron chi connectivity index (χ2n) is 5.38. The van der Waals surface area contributed by atoms with Crippen molar-refractivity contribution < 1.29 is 31.1 Å². The summed E-state index contributed by atoms with van der Waals surface area (Å²) < 4.78 is 77.9. The minimum atomic E-state index is -5.04. The molecule has 0 bridgehead atoms. The summed E-state index contributed by atoms with van der Waals surface area (Å²) in [4.78, 5) is 16.3. The van der Waals surface area contributed by atoms with Crippen LogP contribution in [0.2, 0.25) is 5.02 Å². The Bertz CT molecular complexity index is 996. The highest BCUT2D eigenvalue weighted by atomic mass is 35.5. The van der Waals surface area contributed by atoms with Crippen LogP contribution in [0.1, 0.15) is 21.5 Å². The summed E-state index contributed by atoms with van der Waals surface area (Å²) in [6, 6.07) is 5.35. The lowest BCUT2D eigenvalue weighted by atomic mass is 10.0. The van der Waals surface area contributed by atoms with E-state index in [2.05, 4.69) is 10.3 Å². The monoisotopic (exact) mass is 424 g/mol. The van der Waals surface area contributed by atoms with Crippen LogP contribution in [0.4, 0.5) is 31.5 Å². The Balaban J connectivity index is 1.97. The topological polar surface area (TPSA) is 42.0 Å². The van der Waals surface area contributed by atoms with Gasteiger partial charge in [0.05, 0.1) is 21.3 Å². The molecule has 3 aromatic rings. The summed E-state index contributed by atoms with van der Waals surface area (Å²) in [5.74, 6) is -1.14. The van der Waals surface area contributed by atoms with Crippen molar-refractivity contribution in [2.75, 3.05) is 5.32 Å². The van der Waals surface area contributed by atoms with E-state index in [-0.39, 0.29) is 11.2 Å². The van der Waals surface area contributed by atoms with Crippen molar-refractivity contribution in [2.24, 2.45) is 0 Å². The van der Waals surface area contributed by atoms with Gasteiger partial charge >= 0.3 is 12.4 Å². The quantitative estimate of drug-likeness (QED) is 0.495. The van der Waals surface area contributed by atoms with Crippen LogP contribution in [0.3, 0.4) is 0 Å². The van der Waals surface area contributed by atoms with Gasteiger partial charge in [0, 0.05) is 10.6 Å². The van der Waals surface area contributed by atoms with E-state index in [1.807, 2.05) is 0 Å². The first-order chi connectivity index (χ1) is 12.4. The fourth-order valence-electron chi connectivity index (χ4n) is 2.21. The molecule has 1 N–H and O–H groups in total. The number of hydrogen-bond acceptors (Lipinski definition) is 3. The Hall–Kier alpha value is -2.33. The average molecular weight is 425 g/mol. The Morgan fingerprint density at radius 3 is 2.11 bits per heavy atom. The predicted molar refractivity (Wildman–Crippen MR) is 89.0 cm³/mol. The van der Waals surface area contributed by atoms with E-state index >= 15 is 0 Å². The van der Waals surface area contributed by atoms with Crippen molar-refractivity contribution in [3.63, 3.8) is 0 Å². The summed E-state index contributed by atoms with van der Waals surface area (Å²) in [6.07, 6.45) is -10.1. The van der Waals surface area contributed by atoms with Crippen LogP contribution in [-0.2, 0) is 12.4 Å². The third-order valence-electron chi connectivity index (χ3n) is 3.42. The van der Waals surface area contributed by atoms with Crippen molar-refractivity contribution in [3.8, 4) is 0 Å². The lowest BCUT2D eigenvalue weighted by molar-refractivity contribution is -0.143. The number of nitrogens with one attached hydrogen (secondary N) is 1. The van der Waals surface area contributed by atoms with Gasteiger partial charge in [-0.25, -0.2) is 4.98 Å². The van der Waals surface area contributed by atoms with Crippen molar-refractivity contribution in [1.82, 2.24) is 4.98 Å². The molecule has 1 amide bonds. The van der Waals surface area contributed by atoms with Crippen molar-refractivity contribution >= 4 is 44.2 Å². The number of amides is 1. The van der Waals surface area contributed by atoms with Gasteiger partial charge in [-0.15, -0.1) is 0 Å². The van der Waals surface area contributed by atoms with Crippen molar-refractivity contribution in [2.45, 2.75) is 12.4 Å². The largest absolute Gasteiger partial charge is 0.416 e. The highest BCUT2D eigenvalue weighted by Crippen LogP contribution is 2.36. The van der Waals surface area contributed by atoms with Crippen LogP contribution in [-0.4, -0.2) is 10.9 Å². The van der Waals surface area contributed by atoms with Gasteiger partial charge in [-0.05, 0) is 36.4 Å². The van der Waals surface area contributed by atoms with E-state index in [9.17, 15) is 31.1 Å². The first kappa shape index (κ1) is 19.4. The van der Waals surface area contributed by atoms with Gasteiger partial charge in [0.15, 0.2) is 5.13 Å². The molecule has 1 heterocycles. The van der Waals surface area contributed by atoms with Gasteiger partial charge in [-0.2, -0.15) is 26.3 Å². The number of thiazole rings is 1. The van der Waals surface area contributed by atoms with E-state index in [1.54, 1.807) is 18.2 Å². The third-order valence-corrected chi connectivity index (χ3v) is 4.59. The molecule has 27 heavy (non-hydrogen) atoms. The fraction of sp³-hybridized carbons (Fsp3) is 0.125. The Morgan fingerprint density at radius 2 is 1.56 bits per heavy atom. The summed E-state index contributed by atoms with van der Waals surface area (Å²) >= 11 is 6.81. The van der Waals surface area contributed by atoms with Gasteiger partial charge in [0.25, 0.3) is 5.91 Å². The molecule has 3 nitrogen and oxygen atoms in total. The molecule has 0 aliphatic rings. The molecule has 0 atom stereocenters. The number of benzene rings is 2. The highest BCUT2D eigenvalue weighted by molar-refractivity contribution is 7.22. The van der Waals surface area contributed by atoms with E-state index in [4.69, 9.17) is 11.6 Å². The zero-order valence-corrected chi connectivity index (χ0v) is 14.4. The molecular formula is C16H7ClF6N2OS. The van der Waals surface area contributed by atoms with Crippen LogP contribution in [0.5, 0.6) is 0 Å². The van der Waals surface area contributed by atoms with Crippen molar-refractivity contribution in [1.29, 1.82) is 0 Å². The number of carbonyl (C=O) groups excluding carboxylic acids is 1. The molecular weight excluding hydrogens is 418 g/mol. The molecule has 3 rings (SSSR count). The summed E-state index contributed by atoms with van der Waals surface area (Å²) in [7, 11) is 0. The maximum Gasteiger partial charge on any atom is 0.416 e. The maximum absolute atomic E-state index is 12.9. The number of hydrogen-bond donors (Lipinski definition) is 1. The first-order valence-corrected chi connectivity index (χ1v) is 8.30. The standard InChI is InChI=1S/C16H7ClF6N2OS/c17-10-1-2-11-12(6-10)27-14(24-11)25-13(26)7-3-8(15(18,19)20)5-9(4-7)16(21,22)23/h1-6H,(H,24,25,26). The summed E-state index contributed by atoms with van der Waals surface area (Å²) in [5.41, 5.74) is -3.45. The number of anilines is 1. The minimum absolute atomic E-state index is 0.0169. The van der Waals surface area contributed by atoms with E-state index in [1.165, 1.54) is 0 Å². The van der Waals surface area contributed by atoms with Gasteiger partial charge in [0.2, 0.25) is 0 Å². The third kappa shape index (κ3) is 4.33. The van der Waals surface area contributed by atoms with Crippen LogP contribution < -0.4 is 5.32 Å². The smallest absolute Gasteiger partial charge is 0.298 e. The Labute approximate surface area is 156 Å². The van der Waals surface area contributed by atoms with Crippen LogP contribution in [0.15, 0.2) is 36.4 Å². The SMILES string of the molecule is O=C(Nc1nc2ccc(Cl)cc2s1)c1cc(C(F)(F)F)cc(C(F)(F)F)c1. The zero-order valence-electron chi connectivity index (χ0n) is 12.9. The van der Waals surface area contributed by atoms with E-state index in [0.29, 0.717) is 27.4 Å². The number of fused-ring (bicyclic) bond motifs is 1. The molecule has 0 saturated heterocycles. The number of halogens is 7. The fourth-order valence-corrected chi connectivity index (χ4v) is 3.34. The van der Waals surface area contributed by atoms with Crippen LogP contribution >= 0.6 is 22.9 Å². The molecule has 0 aliphatic heterocycles.